The first-order valence-corrected chi connectivity index (χ1v) is 4.99. The first-order valence-electron chi connectivity index (χ1n) is 4.99. The first kappa shape index (κ1) is 11.3. The van der Waals surface area contributed by atoms with Crippen LogP contribution in [0.15, 0.2) is 22.6 Å². The predicted molar refractivity (Wildman–Crippen MR) is 61.0 cm³/mol. The summed E-state index contributed by atoms with van der Waals surface area (Å²) in [6, 6.07) is 4.84. The monoisotopic (exact) mass is 237 g/mol. The van der Waals surface area contributed by atoms with Gasteiger partial charge in [0.05, 0.1) is 11.5 Å². The van der Waals surface area contributed by atoms with Crippen LogP contribution in [0.4, 0.5) is 11.7 Å². The molecule has 2 rings (SSSR count). The predicted octanol–water partition coefficient (Wildman–Crippen LogP) is 1.79. The Labute approximate surface area is 96.5 Å². The van der Waals surface area contributed by atoms with Crippen LogP contribution in [0.25, 0.3) is 11.1 Å². The average Bonchev–Trinajstić information content (AvgIpc) is 2.71. The molecule has 0 aliphatic heterocycles. The zero-order valence-electron chi connectivity index (χ0n) is 9.17. The van der Waals surface area contributed by atoms with E-state index in [1.165, 1.54) is 6.07 Å². The highest BCUT2D eigenvalue weighted by Gasteiger charge is 2.16. The molecule has 1 aromatic heterocycles. The number of hydrogen-bond donors (Lipinski definition) is 1. The molecule has 7 nitrogen and oxygen atoms in total. The third-order valence-electron chi connectivity index (χ3n) is 2.18. The zero-order valence-corrected chi connectivity index (χ0v) is 9.17. The molecule has 0 unspecified atom stereocenters. The van der Waals surface area contributed by atoms with Crippen molar-refractivity contribution in [3.63, 3.8) is 0 Å². The standard InChI is InChI=1S/C10H11N3O4/c1-16-6-5-11-10-12-9-7(13(14)15)3-2-4-8(9)17-10/h2-4H,5-6H2,1H3,(H,11,12). The highest BCUT2D eigenvalue weighted by atomic mass is 16.6. The van der Waals surface area contributed by atoms with E-state index in [-0.39, 0.29) is 17.2 Å². The molecule has 0 radical (unpaired) electrons. The van der Waals surface area contributed by atoms with E-state index in [1.54, 1.807) is 19.2 Å². The number of nitrogens with one attached hydrogen (secondary N) is 1. The van der Waals surface area contributed by atoms with E-state index >= 15 is 0 Å². The number of anilines is 1. The van der Waals surface area contributed by atoms with Gasteiger partial charge in [-0.25, -0.2) is 0 Å². The van der Waals surface area contributed by atoms with Crippen molar-refractivity contribution < 1.29 is 14.1 Å². The Kier molecular flexibility index (Phi) is 3.20. The molecule has 0 bridgehead atoms. The van der Waals surface area contributed by atoms with Crippen molar-refractivity contribution in [1.82, 2.24) is 4.98 Å². The zero-order chi connectivity index (χ0) is 12.3. The quantitative estimate of drug-likeness (QED) is 0.484. The highest BCUT2D eigenvalue weighted by Crippen LogP contribution is 2.26. The molecule has 0 saturated carbocycles. The molecular formula is C10H11N3O4. The maximum atomic E-state index is 10.8. The molecule has 1 heterocycles. The lowest BCUT2D eigenvalue weighted by atomic mass is 10.3. The van der Waals surface area contributed by atoms with Crippen LogP contribution in [0.5, 0.6) is 0 Å². The number of hydrogen-bond acceptors (Lipinski definition) is 6. The van der Waals surface area contributed by atoms with Gasteiger partial charge in [-0.3, -0.25) is 10.1 Å². The largest absolute Gasteiger partial charge is 0.423 e. The Balaban J connectivity index is 2.30. The van der Waals surface area contributed by atoms with Gasteiger partial charge in [0.15, 0.2) is 11.1 Å². The second-order valence-corrected chi connectivity index (χ2v) is 3.32. The van der Waals surface area contributed by atoms with E-state index in [1.807, 2.05) is 0 Å². The maximum Gasteiger partial charge on any atom is 0.298 e. The van der Waals surface area contributed by atoms with Gasteiger partial charge in [-0.15, -0.1) is 0 Å². The second kappa shape index (κ2) is 4.79. The van der Waals surface area contributed by atoms with Crippen molar-refractivity contribution in [2.24, 2.45) is 0 Å². The van der Waals surface area contributed by atoms with Crippen molar-refractivity contribution in [2.75, 3.05) is 25.6 Å². The molecule has 1 N–H and O–H groups in total. The molecule has 0 saturated heterocycles. The average molecular weight is 237 g/mol. The van der Waals surface area contributed by atoms with Crippen molar-refractivity contribution in [3.05, 3.63) is 28.3 Å². The van der Waals surface area contributed by atoms with E-state index < -0.39 is 4.92 Å². The molecule has 0 spiro atoms. The van der Waals surface area contributed by atoms with Crippen molar-refractivity contribution in [2.45, 2.75) is 0 Å². The van der Waals surface area contributed by atoms with E-state index in [0.717, 1.165) is 0 Å². The first-order chi connectivity index (χ1) is 8.22. The van der Waals surface area contributed by atoms with Crippen LogP contribution in [0, 0.1) is 10.1 Å². The number of nitrogens with zero attached hydrogens (tertiary/aromatic N) is 2. The Morgan fingerprint density at radius 1 is 1.59 bits per heavy atom. The summed E-state index contributed by atoms with van der Waals surface area (Å²) in [4.78, 5) is 14.3. The van der Waals surface area contributed by atoms with Crippen molar-refractivity contribution in [1.29, 1.82) is 0 Å². The summed E-state index contributed by atoms with van der Waals surface area (Å²) in [6.45, 7) is 1.03. The van der Waals surface area contributed by atoms with E-state index in [2.05, 4.69) is 10.3 Å². The number of rotatable bonds is 5. The minimum atomic E-state index is -0.482. The number of ether oxygens (including phenoxy) is 1. The van der Waals surface area contributed by atoms with Crippen LogP contribution in [-0.4, -0.2) is 30.2 Å². The molecule has 7 heteroatoms. The number of benzene rings is 1. The van der Waals surface area contributed by atoms with Crippen LogP contribution in [0.1, 0.15) is 0 Å². The molecule has 2 aromatic rings. The lowest BCUT2D eigenvalue weighted by Gasteiger charge is -1.98. The molecule has 0 aliphatic rings. The summed E-state index contributed by atoms with van der Waals surface area (Å²) in [6.07, 6.45) is 0. The third-order valence-corrected chi connectivity index (χ3v) is 2.18. The molecule has 17 heavy (non-hydrogen) atoms. The number of nitro benzene ring substituents is 1. The summed E-state index contributed by atoms with van der Waals surface area (Å²) in [5.41, 5.74) is 0.572. The van der Waals surface area contributed by atoms with Crippen LogP contribution in [-0.2, 0) is 4.74 Å². The number of nitro groups is 1. The van der Waals surface area contributed by atoms with Gasteiger partial charge in [-0.1, -0.05) is 6.07 Å². The van der Waals surface area contributed by atoms with Gasteiger partial charge in [0.1, 0.15) is 0 Å². The SMILES string of the molecule is COCCNc1nc2c([N+](=O)[O-])cccc2o1. The van der Waals surface area contributed by atoms with Gasteiger partial charge in [0.2, 0.25) is 0 Å². The van der Waals surface area contributed by atoms with Gasteiger partial charge < -0.3 is 14.5 Å². The van der Waals surface area contributed by atoms with Gasteiger partial charge in [-0.2, -0.15) is 4.98 Å². The van der Waals surface area contributed by atoms with Crippen LogP contribution in [0.3, 0.4) is 0 Å². The minimum Gasteiger partial charge on any atom is -0.423 e. The van der Waals surface area contributed by atoms with Gasteiger partial charge in [0, 0.05) is 19.7 Å². The summed E-state index contributed by atoms with van der Waals surface area (Å²) in [7, 11) is 1.58. The van der Waals surface area contributed by atoms with E-state index in [9.17, 15) is 10.1 Å². The lowest BCUT2D eigenvalue weighted by molar-refractivity contribution is -0.383. The number of methoxy groups -OCH3 is 1. The van der Waals surface area contributed by atoms with E-state index in [0.29, 0.717) is 18.7 Å². The molecule has 90 valence electrons. The van der Waals surface area contributed by atoms with Gasteiger partial charge >= 0.3 is 0 Å². The van der Waals surface area contributed by atoms with Crippen LogP contribution >= 0.6 is 0 Å². The Bertz CT molecular complexity index is 537. The molecule has 1 aromatic carbocycles. The van der Waals surface area contributed by atoms with Gasteiger partial charge in [-0.05, 0) is 6.07 Å². The minimum absolute atomic E-state index is 0.0639. The molecular weight excluding hydrogens is 226 g/mol. The summed E-state index contributed by atoms with van der Waals surface area (Å²) >= 11 is 0. The highest BCUT2D eigenvalue weighted by molar-refractivity contribution is 5.83. The number of para-hydroxylation sites is 1. The fourth-order valence-electron chi connectivity index (χ4n) is 1.42. The van der Waals surface area contributed by atoms with Crippen molar-refractivity contribution >= 4 is 22.8 Å². The fourth-order valence-corrected chi connectivity index (χ4v) is 1.42. The molecule has 0 amide bonds. The lowest BCUT2D eigenvalue weighted by Crippen LogP contribution is -2.07. The number of oxazole rings is 1. The summed E-state index contributed by atoms with van der Waals surface area (Å²) in [5.74, 6) is 0. The second-order valence-electron chi connectivity index (χ2n) is 3.32. The molecule has 0 atom stereocenters. The molecule has 0 fully saturated rings. The van der Waals surface area contributed by atoms with Gasteiger partial charge in [0.25, 0.3) is 11.7 Å². The van der Waals surface area contributed by atoms with E-state index in [4.69, 9.17) is 9.15 Å². The maximum absolute atomic E-state index is 10.8. The molecule has 0 aliphatic carbocycles. The fraction of sp³-hybridized carbons (Fsp3) is 0.300. The Morgan fingerprint density at radius 2 is 2.41 bits per heavy atom. The Hall–Kier alpha value is -2.15. The van der Waals surface area contributed by atoms with Crippen molar-refractivity contribution in [3.8, 4) is 0 Å². The number of fused-ring (bicyclic) bond motifs is 1. The Morgan fingerprint density at radius 3 is 3.12 bits per heavy atom. The third kappa shape index (κ3) is 2.34. The van der Waals surface area contributed by atoms with Crippen LogP contribution < -0.4 is 5.32 Å². The summed E-state index contributed by atoms with van der Waals surface area (Å²) < 4.78 is 10.2. The number of non-ortho nitro benzene ring substituents is 1. The smallest absolute Gasteiger partial charge is 0.298 e. The topological polar surface area (TPSA) is 90.4 Å². The normalized spacial score (nSPS) is 10.6. The summed E-state index contributed by atoms with van der Waals surface area (Å²) in [5, 5.41) is 13.6. The van der Waals surface area contributed by atoms with Crippen LogP contribution in [0.2, 0.25) is 0 Å². The number of aromatic nitrogens is 1.